The molecule has 0 spiro atoms. The van der Waals surface area contributed by atoms with Crippen molar-refractivity contribution in [3.05, 3.63) is 58.9 Å². The molecule has 0 unspecified atom stereocenters. The van der Waals surface area contributed by atoms with Gasteiger partial charge in [-0.05, 0) is 61.1 Å². The summed E-state index contributed by atoms with van der Waals surface area (Å²) in [5.74, 6) is -1.38. The molecule has 2 aliphatic rings. The lowest BCUT2D eigenvalue weighted by Crippen LogP contribution is -2.36. The fourth-order valence-electron chi connectivity index (χ4n) is 5.00. The normalized spacial score (nSPS) is 20.6. The van der Waals surface area contributed by atoms with Crippen molar-refractivity contribution in [2.75, 3.05) is 7.11 Å². The fraction of sp³-hybridized carbons (Fsp3) is 0.400. The highest BCUT2D eigenvalue weighted by molar-refractivity contribution is 5.72. The Kier molecular flexibility index (Phi) is 6.08. The van der Waals surface area contributed by atoms with Gasteiger partial charge in [0.15, 0.2) is 0 Å². The van der Waals surface area contributed by atoms with Gasteiger partial charge in [-0.1, -0.05) is 17.3 Å². The van der Waals surface area contributed by atoms with Crippen molar-refractivity contribution in [1.29, 1.82) is 0 Å². The van der Waals surface area contributed by atoms with Crippen LogP contribution in [0.3, 0.4) is 0 Å². The third-order valence-electron chi connectivity index (χ3n) is 6.90. The number of nitrogens with zero attached hydrogens (tertiary/aromatic N) is 3. The SMILES string of the molecule is COC(=O)C1CCC(N2Cc3ccc(-c4noc(-c5ccc(F)c(C(F)(F)F)c5)n4)cc3C2)CC1. The van der Waals surface area contributed by atoms with E-state index < -0.39 is 17.6 Å². The van der Waals surface area contributed by atoms with E-state index in [4.69, 9.17) is 9.26 Å². The van der Waals surface area contributed by atoms with Crippen LogP contribution in [0.1, 0.15) is 42.4 Å². The highest BCUT2D eigenvalue weighted by atomic mass is 19.4. The molecular weight excluding hydrogens is 466 g/mol. The summed E-state index contributed by atoms with van der Waals surface area (Å²) in [6.45, 7) is 1.57. The van der Waals surface area contributed by atoms with Crippen LogP contribution in [0.5, 0.6) is 0 Å². The van der Waals surface area contributed by atoms with E-state index in [0.717, 1.165) is 50.4 Å². The lowest BCUT2D eigenvalue weighted by Gasteiger charge is -2.33. The predicted molar refractivity (Wildman–Crippen MR) is 117 cm³/mol. The molecule has 1 aliphatic carbocycles. The summed E-state index contributed by atoms with van der Waals surface area (Å²) in [6, 6.07) is 8.81. The maximum atomic E-state index is 13.6. The Morgan fingerprint density at radius 2 is 1.74 bits per heavy atom. The van der Waals surface area contributed by atoms with Crippen LogP contribution in [0, 0.1) is 11.7 Å². The van der Waals surface area contributed by atoms with Crippen molar-refractivity contribution in [3.63, 3.8) is 0 Å². The molecule has 35 heavy (non-hydrogen) atoms. The Hall–Kier alpha value is -3.27. The van der Waals surface area contributed by atoms with Gasteiger partial charge in [0.05, 0.1) is 18.6 Å². The molecule has 0 bridgehead atoms. The topological polar surface area (TPSA) is 68.5 Å². The molecule has 1 fully saturated rings. The van der Waals surface area contributed by atoms with Crippen LogP contribution in [0.4, 0.5) is 17.6 Å². The van der Waals surface area contributed by atoms with Crippen molar-refractivity contribution < 1.29 is 31.6 Å². The molecular formula is C25H23F4N3O3. The summed E-state index contributed by atoms with van der Waals surface area (Å²) in [4.78, 5) is 18.4. The summed E-state index contributed by atoms with van der Waals surface area (Å²) in [5, 5.41) is 3.93. The second-order valence-corrected chi connectivity index (χ2v) is 9.03. The van der Waals surface area contributed by atoms with Gasteiger partial charge in [0, 0.05) is 30.3 Å². The van der Waals surface area contributed by atoms with Crippen LogP contribution in [-0.2, 0) is 28.8 Å². The number of carbonyl (C=O) groups is 1. The minimum atomic E-state index is -4.83. The van der Waals surface area contributed by atoms with Gasteiger partial charge in [-0.2, -0.15) is 18.2 Å². The van der Waals surface area contributed by atoms with Crippen LogP contribution in [0.25, 0.3) is 22.8 Å². The molecule has 5 rings (SSSR count). The van der Waals surface area contributed by atoms with Crippen LogP contribution in [0.15, 0.2) is 40.9 Å². The highest BCUT2D eigenvalue weighted by Gasteiger charge is 2.35. The van der Waals surface area contributed by atoms with E-state index in [0.29, 0.717) is 17.7 Å². The lowest BCUT2D eigenvalue weighted by atomic mass is 9.85. The van der Waals surface area contributed by atoms with E-state index in [1.165, 1.54) is 18.7 Å². The number of alkyl halides is 3. The monoisotopic (exact) mass is 489 g/mol. The van der Waals surface area contributed by atoms with E-state index in [1.54, 1.807) is 0 Å². The van der Waals surface area contributed by atoms with Crippen molar-refractivity contribution in [2.24, 2.45) is 5.92 Å². The zero-order valence-electron chi connectivity index (χ0n) is 18.9. The largest absolute Gasteiger partial charge is 0.469 e. The summed E-state index contributed by atoms with van der Waals surface area (Å²) in [5.41, 5.74) is 1.62. The highest BCUT2D eigenvalue weighted by Crippen LogP contribution is 2.36. The predicted octanol–water partition coefficient (Wildman–Crippen LogP) is 5.61. The van der Waals surface area contributed by atoms with E-state index in [1.807, 2.05) is 18.2 Å². The van der Waals surface area contributed by atoms with E-state index >= 15 is 0 Å². The molecule has 6 nitrogen and oxygen atoms in total. The Balaban J connectivity index is 1.30. The second kappa shape index (κ2) is 9.07. The number of benzene rings is 2. The van der Waals surface area contributed by atoms with E-state index in [2.05, 4.69) is 15.0 Å². The summed E-state index contributed by atoms with van der Waals surface area (Å²) in [6.07, 6.45) is -1.31. The minimum absolute atomic E-state index is 0.00707. The standard InChI is InChI=1S/C25H23F4N3O3/c1-34-24(33)14-4-7-19(8-5-14)32-12-17-3-2-15(10-18(17)13-32)22-30-23(35-31-22)16-6-9-21(26)20(11-16)25(27,28)29/h2-3,6,9-11,14,19H,4-5,7-8,12-13H2,1H3. The number of fused-ring (bicyclic) bond motifs is 1. The molecule has 1 aromatic heterocycles. The quantitative estimate of drug-likeness (QED) is 0.351. The summed E-state index contributed by atoms with van der Waals surface area (Å²) < 4.78 is 62.8. The Morgan fingerprint density at radius 3 is 2.46 bits per heavy atom. The first-order valence-corrected chi connectivity index (χ1v) is 11.4. The average molecular weight is 489 g/mol. The Labute approximate surface area is 198 Å². The first kappa shape index (κ1) is 23.5. The third-order valence-corrected chi connectivity index (χ3v) is 6.90. The third kappa shape index (κ3) is 4.67. The number of carbonyl (C=O) groups excluding carboxylic acids is 1. The van der Waals surface area contributed by atoms with Gasteiger partial charge in [0.1, 0.15) is 5.82 Å². The van der Waals surface area contributed by atoms with Gasteiger partial charge in [0.25, 0.3) is 5.89 Å². The number of hydrogen-bond acceptors (Lipinski definition) is 6. The number of hydrogen-bond donors (Lipinski definition) is 0. The molecule has 0 amide bonds. The molecule has 1 saturated carbocycles. The number of ether oxygens (including phenoxy) is 1. The maximum Gasteiger partial charge on any atom is 0.419 e. The van der Waals surface area contributed by atoms with Crippen molar-refractivity contribution >= 4 is 5.97 Å². The van der Waals surface area contributed by atoms with Crippen LogP contribution in [-0.4, -0.2) is 34.2 Å². The zero-order valence-corrected chi connectivity index (χ0v) is 18.9. The fourth-order valence-corrected chi connectivity index (χ4v) is 5.00. The molecule has 1 aliphatic heterocycles. The smallest absolute Gasteiger partial charge is 0.419 e. The number of methoxy groups -OCH3 is 1. The van der Waals surface area contributed by atoms with Gasteiger partial charge in [-0.3, -0.25) is 9.69 Å². The van der Waals surface area contributed by atoms with Crippen LogP contribution >= 0.6 is 0 Å². The lowest BCUT2D eigenvalue weighted by molar-refractivity contribution is -0.147. The number of rotatable bonds is 4. The van der Waals surface area contributed by atoms with Gasteiger partial charge in [-0.25, -0.2) is 4.39 Å². The molecule has 184 valence electrons. The van der Waals surface area contributed by atoms with Gasteiger partial charge >= 0.3 is 12.1 Å². The first-order valence-electron chi connectivity index (χ1n) is 11.4. The summed E-state index contributed by atoms with van der Waals surface area (Å²) >= 11 is 0. The number of esters is 1. The Bertz CT molecular complexity index is 1250. The molecule has 0 N–H and O–H groups in total. The van der Waals surface area contributed by atoms with Crippen molar-refractivity contribution in [3.8, 4) is 22.8 Å². The van der Waals surface area contributed by atoms with Crippen molar-refractivity contribution in [1.82, 2.24) is 15.0 Å². The zero-order chi connectivity index (χ0) is 24.7. The number of halogens is 4. The average Bonchev–Trinajstić information content (AvgIpc) is 3.50. The molecule has 0 saturated heterocycles. The molecule has 3 aromatic rings. The number of aromatic nitrogens is 2. The molecule has 2 heterocycles. The minimum Gasteiger partial charge on any atom is -0.469 e. The maximum absolute atomic E-state index is 13.6. The summed E-state index contributed by atoms with van der Waals surface area (Å²) in [7, 11) is 1.43. The molecule has 10 heteroatoms. The molecule has 0 atom stereocenters. The van der Waals surface area contributed by atoms with Crippen LogP contribution in [0.2, 0.25) is 0 Å². The molecule has 0 radical (unpaired) electrons. The van der Waals surface area contributed by atoms with Gasteiger partial charge in [-0.15, -0.1) is 0 Å². The Morgan fingerprint density at radius 1 is 1.03 bits per heavy atom. The van der Waals surface area contributed by atoms with Crippen LogP contribution < -0.4 is 0 Å². The van der Waals surface area contributed by atoms with Gasteiger partial charge in [0.2, 0.25) is 5.82 Å². The molecule has 2 aromatic carbocycles. The van der Waals surface area contributed by atoms with E-state index in [9.17, 15) is 22.4 Å². The second-order valence-electron chi connectivity index (χ2n) is 9.03. The van der Waals surface area contributed by atoms with E-state index in [-0.39, 0.29) is 29.2 Å². The van der Waals surface area contributed by atoms with Gasteiger partial charge < -0.3 is 9.26 Å². The first-order chi connectivity index (χ1) is 16.7. The van der Waals surface area contributed by atoms with Crippen molar-refractivity contribution in [2.45, 2.75) is 51.0 Å².